The second kappa shape index (κ2) is 7.29. The van der Waals surface area contributed by atoms with Gasteiger partial charge in [0.05, 0.1) is 13.2 Å². The van der Waals surface area contributed by atoms with Crippen LogP contribution in [0.25, 0.3) is 0 Å². The molecule has 2 unspecified atom stereocenters. The van der Waals surface area contributed by atoms with E-state index in [4.69, 9.17) is 9.47 Å². The van der Waals surface area contributed by atoms with Gasteiger partial charge in [-0.15, -0.1) is 0 Å². The Balaban J connectivity index is 1.48. The molecular formula is C19H20O4. The number of hydrogen-bond acceptors (Lipinski definition) is 4. The van der Waals surface area contributed by atoms with Crippen LogP contribution >= 0.6 is 0 Å². The Hall–Kier alpha value is -2.33. The van der Waals surface area contributed by atoms with Crippen LogP contribution in [-0.4, -0.2) is 19.2 Å². The van der Waals surface area contributed by atoms with Crippen molar-refractivity contribution in [3.05, 3.63) is 60.2 Å². The number of epoxide rings is 1. The maximum Gasteiger partial charge on any atom is 0.305 e. The molecule has 1 heterocycles. The molecule has 23 heavy (non-hydrogen) atoms. The monoisotopic (exact) mass is 312 g/mol. The van der Waals surface area contributed by atoms with E-state index in [1.54, 1.807) is 0 Å². The van der Waals surface area contributed by atoms with E-state index >= 15 is 0 Å². The number of methoxy groups -OCH3 is 1. The van der Waals surface area contributed by atoms with E-state index < -0.39 is 0 Å². The number of hydrogen-bond donors (Lipinski definition) is 0. The molecule has 0 aliphatic carbocycles. The first-order chi connectivity index (χ1) is 11.3. The van der Waals surface area contributed by atoms with Gasteiger partial charge in [0.1, 0.15) is 17.6 Å². The lowest BCUT2D eigenvalue weighted by atomic mass is 10.1. The van der Waals surface area contributed by atoms with Gasteiger partial charge in [-0.05, 0) is 42.7 Å². The Morgan fingerprint density at radius 1 is 1.04 bits per heavy atom. The molecule has 1 fully saturated rings. The summed E-state index contributed by atoms with van der Waals surface area (Å²) in [4.78, 5) is 11.1. The summed E-state index contributed by atoms with van der Waals surface area (Å²) >= 11 is 0. The summed E-state index contributed by atoms with van der Waals surface area (Å²) in [5.41, 5.74) is 1.15. The molecule has 2 aromatic rings. The number of esters is 1. The zero-order chi connectivity index (χ0) is 16.1. The minimum Gasteiger partial charge on any atom is -0.469 e. The van der Waals surface area contributed by atoms with Gasteiger partial charge in [-0.25, -0.2) is 0 Å². The van der Waals surface area contributed by atoms with Crippen molar-refractivity contribution in [3.8, 4) is 11.5 Å². The van der Waals surface area contributed by atoms with E-state index in [0.717, 1.165) is 29.9 Å². The molecule has 120 valence electrons. The largest absolute Gasteiger partial charge is 0.469 e. The first-order valence-corrected chi connectivity index (χ1v) is 7.81. The fourth-order valence-corrected chi connectivity index (χ4v) is 2.56. The smallest absolute Gasteiger partial charge is 0.305 e. The Morgan fingerprint density at radius 3 is 2.43 bits per heavy atom. The van der Waals surface area contributed by atoms with Crippen molar-refractivity contribution in [3.63, 3.8) is 0 Å². The van der Waals surface area contributed by atoms with Crippen LogP contribution in [0.5, 0.6) is 11.5 Å². The SMILES string of the molecule is COC(=O)CCCC1OC1c1ccc(Oc2ccccc2)cc1. The van der Waals surface area contributed by atoms with Crippen molar-refractivity contribution < 1.29 is 19.0 Å². The first kappa shape index (κ1) is 15.6. The third kappa shape index (κ3) is 4.33. The molecule has 1 aliphatic rings. The first-order valence-electron chi connectivity index (χ1n) is 7.81. The maximum absolute atomic E-state index is 11.1. The third-order valence-corrected chi connectivity index (χ3v) is 3.87. The van der Waals surface area contributed by atoms with E-state index in [2.05, 4.69) is 4.74 Å². The van der Waals surface area contributed by atoms with Crippen LogP contribution in [0.15, 0.2) is 54.6 Å². The minimum atomic E-state index is -0.162. The summed E-state index contributed by atoms with van der Waals surface area (Å²) in [5, 5.41) is 0. The van der Waals surface area contributed by atoms with Crippen LogP contribution in [0, 0.1) is 0 Å². The fourth-order valence-electron chi connectivity index (χ4n) is 2.56. The van der Waals surface area contributed by atoms with E-state index in [1.165, 1.54) is 7.11 Å². The van der Waals surface area contributed by atoms with E-state index in [-0.39, 0.29) is 18.2 Å². The highest BCUT2D eigenvalue weighted by atomic mass is 16.6. The summed E-state index contributed by atoms with van der Waals surface area (Å²) in [6.07, 6.45) is 2.47. The minimum absolute atomic E-state index is 0.137. The van der Waals surface area contributed by atoms with Crippen LogP contribution < -0.4 is 4.74 Å². The number of carbonyl (C=O) groups is 1. The number of rotatable bonds is 7. The highest BCUT2D eigenvalue weighted by Crippen LogP contribution is 2.42. The van der Waals surface area contributed by atoms with Gasteiger partial charge in [0.15, 0.2) is 0 Å². The summed E-state index contributed by atoms with van der Waals surface area (Å²) < 4.78 is 16.1. The lowest BCUT2D eigenvalue weighted by Crippen LogP contribution is -2.00. The molecule has 0 aromatic heterocycles. The molecular weight excluding hydrogens is 292 g/mol. The van der Waals surface area contributed by atoms with Crippen LogP contribution in [0.4, 0.5) is 0 Å². The molecule has 0 N–H and O–H groups in total. The molecule has 1 saturated heterocycles. The molecule has 4 nitrogen and oxygen atoms in total. The summed E-state index contributed by atoms with van der Waals surface area (Å²) in [6.45, 7) is 0. The van der Waals surface area contributed by atoms with Crippen molar-refractivity contribution in [2.75, 3.05) is 7.11 Å². The number of ether oxygens (including phenoxy) is 3. The highest BCUT2D eigenvalue weighted by Gasteiger charge is 2.39. The van der Waals surface area contributed by atoms with Gasteiger partial charge in [0.2, 0.25) is 0 Å². The quantitative estimate of drug-likeness (QED) is 0.566. The predicted octanol–water partition coefficient (Wildman–Crippen LogP) is 4.26. The Kier molecular flexibility index (Phi) is 4.93. The number of carbonyl (C=O) groups excluding carboxylic acids is 1. The van der Waals surface area contributed by atoms with Crippen LogP contribution in [-0.2, 0) is 14.3 Å². The summed E-state index contributed by atoms with van der Waals surface area (Å²) in [6, 6.07) is 17.7. The van der Waals surface area contributed by atoms with E-state index in [9.17, 15) is 4.79 Å². The van der Waals surface area contributed by atoms with Crippen LogP contribution in [0.3, 0.4) is 0 Å². The van der Waals surface area contributed by atoms with Crippen molar-refractivity contribution in [1.29, 1.82) is 0 Å². The summed E-state index contributed by atoms with van der Waals surface area (Å²) in [7, 11) is 1.41. The van der Waals surface area contributed by atoms with Crippen LogP contribution in [0.1, 0.15) is 30.9 Å². The predicted molar refractivity (Wildman–Crippen MR) is 86.4 cm³/mol. The lowest BCUT2D eigenvalue weighted by molar-refractivity contribution is -0.140. The molecule has 3 rings (SSSR count). The second-order valence-electron chi connectivity index (χ2n) is 5.55. The van der Waals surface area contributed by atoms with Gasteiger partial charge >= 0.3 is 5.97 Å². The summed E-state index contributed by atoms with van der Waals surface area (Å²) in [5.74, 6) is 1.47. The zero-order valence-electron chi connectivity index (χ0n) is 13.1. The third-order valence-electron chi connectivity index (χ3n) is 3.87. The Labute approximate surface area is 136 Å². The molecule has 0 saturated carbocycles. The highest BCUT2D eigenvalue weighted by molar-refractivity contribution is 5.69. The Bertz CT molecular complexity index is 636. The van der Waals surface area contributed by atoms with E-state index in [0.29, 0.717) is 6.42 Å². The number of para-hydroxylation sites is 1. The van der Waals surface area contributed by atoms with Gasteiger partial charge in [0.25, 0.3) is 0 Å². The van der Waals surface area contributed by atoms with E-state index in [1.807, 2.05) is 54.6 Å². The average Bonchev–Trinajstić information content (AvgIpc) is 3.36. The fraction of sp³-hybridized carbons (Fsp3) is 0.316. The van der Waals surface area contributed by atoms with Crippen molar-refractivity contribution in [1.82, 2.24) is 0 Å². The molecule has 0 bridgehead atoms. The molecule has 1 aliphatic heterocycles. The normalized spacial score (nSPS) is 19.2. The van der Waals surface area contributed by atoms with Gasteiger partial charge < -0.3 is 14.2 Å². The van der Waals surface area contributed by atoms with Gasteiger partial charge in [-0.1, -0.05) is 30.3 Å². The lowest BCUT2D eigenvalue weighted by Gasteiger charge is -2.05. The van der Waals surface area contributed by atoms with Gasteiger partial charge in [0, 0.05) is 6.42 Å². The number of benzene rings is 2. The maximum atomic E-state index is 11.1. The standard InChI is InChI=1S/C19H20O4/c1-21-18(20)9-5-8-17-19(23-17)14-10-12-16(13-11-14)22-15-6-3-2-4-7-15/h2-4,6-7,10-13,17,19H,5,8-9H2,1H3. The van der Waals surface area contributed by atoms with Crippen LogP contribution in [0.2, 0.25) is 0 Å². The molecule has 0 spiro atoms. The van der Waals surface area contributed by atoms with Gasteiger partial charge in [-0.3, -0.25) is 4.79 Å². The van der Waals surface area contributed by atoms with Crippen molar-refractivity contribution in [2.45, 2.75) is 31.5 Å². The molecule has 4 heteroatoms. The second-order valence-corrected chi connectivity index (χ2v) is 5.55. The average molecular weight is 312 g/mol. The van der Waals surface area contributed by atoms with Gasteiger partial charge in [-0.2, -0.15) is 0 Å². The molecule has 0 radical (unpaired) electrons. The topological polar surface area (TPSA) is 48.1 Å². The molecule has 0 amide bonds. The van der Waals surface area contributed by atoms with Crippen molar-refractivity contribution >= 4 is 5.97 Å². The van der Waals surface area contributed by atoms with Crippen molar-refractivity contribution in [2.24, 2.45) is 0 Å². The zero-order valence-corrected chi connectivity index (χ0v) is 13.1. The Morgan fingerprint density at radius 2 is 1.74 bits per heavy atom. The molecule has 2 atom stereocenters. The molecule has 2 aromatic carbocycles.